The molecule has 0 spiro atoms. The average molecular weight is 532 g/mol. The minimum atomic E-state index is 0. The predicted octanol–water partition coefficient (Wildman–Crippen LogP) is 2.85. The first-order valence-corrected chi connectivity index (χ1v) is 11.5. The second-order valence-corrected chi connectivity index (χ2v) is 9.57. The van der Waals surface area contributed by atoms with Crippen molar-refractivity contribution in [3.05, 3.63) is 22.4 Å². The van der Waals surface area contributed by atoms with Crippen LogP contribution in [0.5, 0.6) is 0 Å². The largest absolute Gasteiger partial charge is 0.351 e. The Kier molecular flexibility index (Phi) is 8.21. The third-order valence-corrected chi connectivity index (χ3v) is 7.17. The maximum atomic E-state index is 12.1. The standard InChI is InChI=1S/C21H33N5OS.HI/c1-24(2)20(27)14-23-21(22-13-18-6-4-12-28-18)25-11-9-19-16(15-25)5-3-10-26(19)17-7-8-17;/h4,6,12,16-17,19H,3,5,7-11,13-15H2,1-2H3,(H,22,23);1H. The van der Waals surface area contributed by atoms with Gasteiger partial charge in [0.1, 0.15) is 6.54 Å². The molecular weight excluding hydrogens is 497 g/mol. The normalized spacial score (nSPS) is 25.2. The van der Waals surface area contributed by atoms with Crippen molar-refractivity contribution in [3.8, 4) is 0 Å². The van der Waals surface area contributed by atoms with Gasteiger partial charge in [0.2, 0.25) is 5.91 Å². The zero-order valence-corrected chi connectivity index (χ0v) is 20.7. The fraction of sp³-hybridized carbons (Fsp3) is 0.714. The number of carbonyl (C=O) groups excluding carboxylic acids is 1. The Morgan fingerprint density at radius 1 is 1.28 bits per heavy atom. The van der Waals surface area contributed by atoms with Crippen LogP contribution in [0.4, 0.5) is 0 Å². The smallest absolute Gasteiger partial charge is 0.243 e. The topological polar surface area (TPSA) is 51.2 Å². The molecule has 1 aromatic rings. The summed E-state index contributed by atoms with van der Waals surface area (Å²) in [6.45, 7) is 4.35. The molecule has 6 nitrogen and oxygen atoms in total. The Bertz CT molecular complexity index is 691. The highest BCUT2D eigenvalue weighted by molar-refractivity contribution is 14.0. The number of carbonyl (C=O) groups is 1. The minimum absolute atomic E-state index is 0. The number of nitrogens with zero attached hydrogens (tertiary/aromatic N) is 4. The first-order valence-electron chi connectivity index (χ1n) is 10.6. The summed E-state index contributed by atoms with van der Waals surface area (Å²) in [4.78, 5) is 24.9. The van der Waals surface area contributed by atoms with Crippen LogP contribution in [0.1, 0.15) is 37.0 Å². The lowest BCUT2D eigenvalue weighted by Gasteiger charge is -2.48. The van der Waals surface area contributed by atoms with Crippen LogP contribution in [0.3, 0.4) is 0 Å². The quantitative estimate of drug-likeness (QED) is 0.361. The first kappa shape index (κ1) is 22.8. The van der Waals surface area contributed by atoms with E-state index in [0.29, 0.717) is 0 Å². The molecule has 1 amide bonds. The fourth-order valence-corrected chi connectivity index (χ4v) is 5.27. The summed E-state index contributed by atoms with van der Waals surface area (Å²) < 4.78 is 0. The first-order chi connectivity index (χ1) is 13.6. The van der Waals surface area contributed by atoms with Gasteiger partial charge in [-0.1, -0.05) is 6.07 Å². The van der Waals surface area contributed by atoms with Gasteiger partial charge in [0.15, 0.2) is 5.96 Å². The van der Waals surface area contributed by atoms with E-state index in [2.05, 4.69) is 32.6 Å². The molecule has 3 heterocycles. The second-order valence-electron chi connectivity index (χ2n) is 8.53. The Hall–Kier alpha value is -0.870. The van der Waals surface area contributed by atoms with E-state index >= 15 is 0 Å². The number of piperidine rings is 2. The number of fused-ring (bicyclic) bond motifs is 1. The van der Waals surface area contributed by atoms with Crippen LogP contribution in [0, 0.1) is 5.92 Å². The number of rotatable bonds is 5. The molecule has 1 aliphatic carbocycles. The number of nitrogens with one attached hydrogen (secondary N) is 1. The van der Waals surface area contributed by atoms with Gasteiger partial charge in [-0.15, -0.1) is 35.3 Å². The van der Waals surface area contributed by atoms with Crippen LogP contribution < -0.4 is 5.32 Å². The Morgan fingerprint density at radius 3 is 2.79 bits per heavy atom. The molecule has 2 saturated heterocycles. The van der Waals surface area contributed by atoms with Gasteiger partial charge in [0.25, 0.3) is 0 Å². The predicted molar refractivity (Wildman–Crippen MR) is 130 cm³/mol. The van der Waals surface area contributed by atoms with E-state index in [1.165, 1.54) is 43.5 Å². The number of amides is 1. The van der Waals surface area contributed by atoms with Crippen LogP contribution in [0.15, 0.2) is 22.5 Å². The number of thiophene rings is 1. The van der Waals surface area contributed by atoms with Gasteiger partial charge < -0.3 is 15.1 Å². The zero-order chi connectivity index (χ0) is 19.5. The minimum Gasteiger partial charge on any atom is -0.351 e. The van der Waals surface area contributed by atoms with Crippen LogP contribution in [-0.4, -0.2) is 78.9 Å². The zero-order valence-electron chi connectivity index (χ0n) is 17.5. The highest BCUT2D eigenvalue weighted by Gasteiger charge is 2.42. The van der Waals surface area contributed by atoms with Crippen molar-refractivity contribution in [1.82, 2.24) is 20.0 Å². The lowest BCUT2D eigenvalue weighted by atomic mass is 9.83. The van der Waals surface area contributed by atoms with Gasteiger partial charge >= 0.3 is 0 Å². The van der Waals surface area contributed by atoms with Crippen molar-refractivity contribution in [2.45, 2.75) is 50.7 Å². The third-order valence-electron chi connectivity index (χ3n) is 6.29. The average Bonchev–Trinajstić information content (AvgIpc) is 3.42. The lowest BCUT2D eigenvalue weighted by molar-refractivity contribution is -0.127. The van der Waals surface area contributed by atoms with Gasteiger partial charge in [0.05, 0.1) is 6.54 Å². The highest BCUT2D eigenvalue weighted by Crippen LogP contribution is 2.38. The Labute approximate surface area is 195 Å². The van der Waals surface area contributed by atoms with Gasteiger partial charge in [-0.3, -0.25) is 9.69 Å². The molecule has 8 heteroatoms. The number of likely N-dealkylation sites (tertiary alicyclic amines) is 2. The summed E-state index contributed by atoms with van der Waals surface area (Å²) in [5.41, 5.74) is 0. The van der Waals surface area contributed by atoms with E-state index in [1.807, 2.05) is 0 Å². The number of likely N-dealkylation sites (N-methyl/N-ethyl adjacent to an activating group) is 1. The summed E-state index contributed by atoms with van der Waals surface area (Å²) in [5.74, 6) is 1.66. The van der Waals surface area contributed by atoms with Crippen molar-refractivity contribution in [1.29, 1.82) is 0 Å². The van der Waals surface area contributed by atoms with Gasteiger partial charge in [-0.05, 0) is 56.0 Å². The summed E-state index contributed by atoms with van der Waals surface area (Å²) in [7, 11) is 3.58. The molecule has 1 saturated carbocycles. The Balaban J connectivity index is 0.00000240. The Morgan fingerprint density at radius 2 is 2.10 bits per heavy atom. The highest BCUT2D eigenvalue weighted by atomic mass is 127. The molecule has 0 radical (unpaired) electrons. The molecule has 2 atom stereocenters. The molecule has 0 aromatic carbocycles. The number of hydrogen-bond acceptors (Lipinski definition) is 4. The van der Waals surface area contributed by atoms with Crippen LogP contribution in [-0.2, 0) is 11.3 Å². The molecule has 3 fully saturated rings. The SMILES string of the molecule is CN(C)C(=O)CN=C(NCc1cccs1)N1CCC2C(CCCN2C2CC2)C1.I. The third kappa shape index (κ3) is 5.85. The molecule has 2 unspecified atom stereocenters. The number of aliphatic imine (C=N–C) groups is 1. The molecule has 3 aliphatic rings. The maximum Gasteiger partial charge on any atom is 0.243 e. The van der Waals surface area contributed by atoms with Crippen LogP contribution in [0.25, 0.3) is 0 Å². The molecule has 4 rings (SSSR count). The van der Waals surface area contributed by atoms with E-state index in [-0.39, 0.29) is 36.4 Å². The molecule has 1 aromatic heterocycles. The van der Waals surface area contributed by atoms with Gasteiger partial charge in [-0.2, -0.15) is 0 Å². The van der Waals surface area contributed by atoms with Crippen molar-refractivity contribution in [2.75, 3.05) is 40.3 Å². The lowest BCUT2D eigenvalue weighted by Crippen LogP contribution is -2.57. The van der Waals surface area contributed by atoms with Crippen LogP contribution in [0.2, 0.25) is 0 Å². The molecule has 1 N–H and O–H groups in total. The monoisotopic (exact) mass is 531 g/mol. The van der Waals surface area contributed by atoms with E-state index in [0.717, 1.165) is 43.6 Å². The molecule has 162 valence electrons. The van der Waals surface area contributed by atoms with E-state index in [1.54, 1.807) is 30.3 Å². The number of guanidine groups is 1. The molecule has 29 heavy (non-hydrogen) atoms. The fourth-order valence-electron chi connectivity index (χ4n) is 4.62. The summed E-state index contributed by atoms with van der Waals surface area (Å²) in [5, 5.41) is 5.63. The molecule has 0 bridgehead atoms. The molecular formula is C21H34IN5OS. The van der Waals surface area contributed by atoms with Crippen molar-refractivity contribution < 1.29 is 4.79 Å². The summed E-state index contributed by atoms with van der Waals surface area (Å²) in [6.07, 6.45) is 6.64. The van der Waals surface area contributed by atoms with E-state index in [4.69, 9.17) is 4.99 Å². The van der Waals surface area contributed by atoms with Crippen LogP contribution >= 0.6 is 35.3 Å². The van der Waals surface area contributed by atoms with Crippen molar-refractivity contribution in [2.24, 2.45) is 10.9 Å². The number of halogens is 1. The molecule has 2 aliphatic heterocycles. The van der Waals surface area contributed by atoms with E-state index in [9.17, 15) is 4.79 Å². The second kappa shape index (κ2) is 10.4. The van der Waals surface area contributed by atoms with Gasteiger partial charge in [-0.25, -0.2) is 4.99 Å². The van der Waals surface area contributed by atoms with Crippen molar-refractivity contribution >= 4 is 47.2 Å². The number of hydrogen-bond donors (Lipinski definition) is 1. The summed E-state index contributed by atoms with van der Waals surface area (Å²) >= 11 is 1.75. The summed E-state index contributed by atoms with van der Waals surface area (Å²) in [6, 6.07) is 5.83. The maximum absolute atomic E-state index is 12.1. The van der Waals surface area contributed by atoms with E-state index < -0.39 is 0 Å². The van der Waals surface area contributed by atoms with Gasteiger partial charge in [0, 0.05) is 44.1 Å². The van der Waals surface area contributed by atoms with Crippen molar-refractivity contribution in [3.63, 3.8) is 0 Å².